The molecule has 4 aromatic rings. The molecule has 8 nitrogen and oxygen atoms in total. The van der Waals surface area contributed by atoms with Crippen molar-refractivity contribution in [1.82, 2.24) is 10.3 Å². The van der Waals surface area contributed by atoms with Gasteiger partial charge in [0.05, 0.1) is 11.3 Å². The topological polar surface area (TPSA) is 124 Å². The first kappa shape index (κ1) is 29.8. The molecular weight excluding hydrogens is 579 g/mol. The van der Waals surface area contributed by atoms with Gasteiger partial charge in [0.25, 0.3) is 11.8 Å². The largest absolute Gasteiger partial charge is 0.321 e. The SMILES string of the molecule is CC1CCc2c(sc(NC(=O)CSc3cccc(NC(=O)/C(=C/c4cccnc4)NC(=O)c4ccccc4)c3)c2C#N)C1. The van der Waals surface area contributed by atoms with E-state index >= 15 is 0 Å². The van der Waals surface area contributed by atoms with Crippen molar-refractivity contribution in [3.63, 3.8) is 0 Å². The minimum atomic E-state index is -0.506. The van der Waals surface area contributed by atoms with E-state index in [1.807, 2.05) is 12.1 Å². The lowest BCUT2D eigenvalue weighted by Crippen LogP contribution is -2.30. The lowest BCUT2D eigenvalue weighted by Gasteiger charge is -2.17. The second kappa shape index (κ2) is 14.0. The lowest BCUT2D eigenvalue weighted by molar-refractivity contribution is -0.114. The maximum absolute atomic E-state index is 13.3. The highest BCUT2D eigenvalue weighted by atomic mass is 32.2. The number of pyridine rings is 1. The van der Waals surface area contributed by atoms with Gasteiger partial charge < -0.3 is 16.0 Å². The van der Waals surface area contributed by atoms with Crippen LogP contribution in [-0.4, -0.2) is 28.5 Å². The normalized spacial score (nSPS) is 14.2. The van der Waals surface area contributed by atoms with Crippen LogP contribution in [0, 0.1) is 17.2 Å². The van der Waals surface area contributed by atoms with E-state index in [0.29, 0.717) is 33.3 Å². The number of nitrogens with one attached hydrogen (secondary N) is 3. The number of benzene rings is 2. The third-order valence-electron chi connectivity index (χ3n) is 6.86. The lowest BCUT2D eigenvalue weighted by atomic mass is 9.89. The number of thioether (sulfide) groups is 1. The van der Waals surface area contributed by atoms with Crippen molar-refractivity contribution in [2.45, 2.75) is 31.1 Å². The molecule has 2 aromatic carbocycles. The Bertz CT molecular complexity index is 1710. The molecule has 0 spiro atoms. The molecule has 0 radical (unpaired) electrons. The Kier molecular flexibility index (Phi) is 9.66. The molecule has 1 aliphatic rings. The van der Waals surface area contributed by atoms with Gasteiger partial charge >= 0.3 is 0 Å². The molecule has 0 aliphatic heterocycles. The van der Waals surface area contributed by atoms with Gasteiger partial charge in [-0.05, 0) is 78.8 Å². The molecule has 10 heteroatoms. The number of nitrogens with zero attached hydrogens (tertiary/aromatic N) is 2. The Labute approximate surface area is 258 Å². The number of carbonyl (C=O) groups is 3. The van der Waals surface area contributed by atoms with Crippen LogP contribution in [0.4, 0.5) is 10.7 Å². The zero-order chi connectivity index (χ0) is 30.2. The van der Waals surface area contributed by atoms with Gasteiger partial charge in [-0.2, -0.15) is 5.26 Å². The van der Waals surface area contributed by atoms with Crippen molar-refractivity contribution in [2.24, 2.45) is 5.92 Å². The first-order chi connectivity index (χ1) is 20.9. The van der Waals surface area contributed by atoms with Crippen LogP contribution >= 0.6 is 23.1 Å². The van der Waals surface area contributed by atoms with Gasteiger partial charge in [0, 0.05) is 33.4 Å². The second-order valence-electron chi connectivity index (χ2n) is 10.2. The van der Waals surface area contributed by atoms with E-state index in [1.54, 1.807) is 73.1 Å². The number of amides is 3. The molecule has 3 amide bonds. The Hall–Kier alpha value is -4.72. The number of hydrogen-bond acceptors (Lipinski definition) is 7. The van der Waals surface area contributed by atoms with Crippen LogP contribution in [0.15, 0.2) is 89.7 Å². The molecule has 1 aliphatic carbocycles. The summed E-state index contributed by atoms with van der Waals surface area (Å²) in [5.74, 6) is -0.407. The summed E-state index contributed by atoms with van der Waals surface area (Å²) in [5.41, 5.74) is 3.30. The van der Waals surface area contributed by atoms with E-state index in [1.165, 1.54) is 28.0 Å². The Morgan fingerprint density at radius 2 is 1.93 bits per heavy atom. The maximum Gasteiger partial charge on any atom is 0.272 e. The average Bonchev–Trinajstić information content (AvgIpc) is 3.36. The molecule has 3 N–H and O–H groups in total. The quantitative estimate of drug-likeness (QED) is 0.152. The third kappa shape index (κ3) is 7.77. The van der Waals surface area contributed by atoms with E-state index in [-0.39, 0.29) is 17.4 Å². The van der Waals surface area contributed by atoms with E-state index in [0.717, 1.165) is 29.7 Å². The van der Waals surface area contributed by atoms with Crippen LogP contribution in [-0.2, 0) is 22.4 Å². The number of thiophene rings is 1. The molecule has 0 fully saturated rings. The number of fused-ring (bicyclic) bond motifs is 1. The fourth-order valence-electron chi connectivity index (χ4n) is 4.70. The summed E-state index contributed by atoms with van der Waals surface area (Å²) in [5, 5.41) is 18.8. The second-order valence-corrected chi connectivity index (χ2v) is 12.3. The van der Waals surface area contributed by atoms with Crippen LogP contribution < -0.4 is 16.0 Å². The van der Waals surface area contributed by atoms with E-state index in [4.69, 9.17) is 0 Å². The van der Waals surface area contributed by atoms with Crippen LogP contribution in [0.5, 0.6) is 0 Å². The molecule has 5 rings (SSSR count). The number of rotatable bonds is 9. The van der Waals surface area contributed by atoms with Gasteiger partial charge in [-0.3, -0.25) is 19.4 Å². The molecular formula is C33H29N5O3S2. The summed E-state index contributed by atoms with van der Waals surface area (Å²) >= 11 is 2.83. The molecule has 1 unspecified atom stereocenters. The van der Waals surface area contributed by atoms with Crippen molar-refractivity contribution in [2.75, 3.05) is 16.4 Å². The molecule has 0 bridgehead atoms. The fourth-order valence-corrected chi connectivity index (χ4v) is 6.83. The average molecular weight is 608 g/mol. The molecule has 43 heavy (non-hydrogen) atoms. The maximum atomic E-state index is 13.3. The van der Waals surface area contributed by atoms with E-state index < -0.39 is 11.8 Å². The first-order valence-electron chi connectivity index (χ1n) is 13.8. The van der Waals surface area contributed by atoms with Crippen LogP contribution in [0.3, 0.4) is 0 Å². The monoisotopic (exact) mass is 607 g/mol. The minimum Gasteiger partial charge on any atom is -0.321 e. The molecule has 216 valence electrons. The first-order valence-corrected chi connectivity index (χ1v) is 15.6. The van der Waals surface area contributed by atoms with Gasteiger partial charge in [0.2, 0.25) is 5.91 Å². The molecule has 1 atom stereocenters. The number of hydrogen-bond donors (Lipinski definition) is 3. The van der Waals surface area contributed by atoms with Crippen molar-refractivity contribution in [3.05, 3.63) is 112 Å². The highest BCUT2D eigenvalue weighted by Gasteiger charge is 2.24. The summed E-state index contributed by atoms with van der Waals surface area (Å²) in [6, 6.07) is 21.6. The summed E-state index contributed by atoms with van der Waals surface area (Å²) in [6.45, 7) is 2.21. The highest BCUT2D eigenvalue weighted by Crippen LogP contribution is 2.39. The minimum absolute atomic E-state index is 0.0561. The summed E-state index contributed by atoms with van der Waals surface area (Å²) in [7, 11) is 0. The standard InChI is InChI=1S/C33H29N5O3S2/c1-21-12-13-26-27(18-34)33(43-29(26)15-21)38-30(39)20-42-25-11-5-10-24(17-25)36-32(41)28(16-22-7-6-14-35-19-22)37-31(40)23-8-3-2-4-9-23/h2-11,14,16-17,19,21H,12-13,15,20H2,1H3,(H,36,41)(H,37,40)(H,38,39)/b28-16-. The van der Waals surface area contributed by atoms with Gasteiger partial charge in [0.15, 0.2) is 0 Å². The van der Waals surface area contributed by atoms with Crippen molar-refractivity contribution >= 4 is 57.6 Å². The predicted octanol–water partition coefficient (Wildman–Crippen LogP) is 6.28. The van der Waals surface area contributed by atoms with Gasteiger partial charge in [-0.15, -0.1) is 23.1 Å². The zero-order valence-electron chi connectivity index (χ0n) is 23.4. The number of nitriles is 1. The summed E-state index contributed by atoms with van der Waals surface area (Å²) in [4.78, 5) is 45.0. The number of aromatic nitrogens is 1. The van der Waals surface area contributed by atoms with E-state index in [9.17, 15) is 19.6 Å². The highest BCUT2D eigenvalue weighted by molar-refractivity contribution is 8.00. The van der Waals surface area contributed by atoms with Crippen molar-refractivity contribution in [1.29, 1.82) is 5.26 Å². The van der Waals surface area contributed by atoms with Crippen LogP contribution in [0.1, 0.15) is 45.3 Å². The molecule has 2 aromatic heterocycles. The smallest absolute Gasteiger partial charge is 0.272 e. The number of carbonyl (C=O) groups excluding carboxylic acids is 3. The third-order valence-corrected chi connectivity index (χ3v) is 9.03. The Balaban J connectivity index is 1.24. The summed E-state index contributed by atoms with van der Waals surface area (Å²) < 4.78 is 0. The van der Waals surface area contributed by atoms with E-state index in [2.05, 4.69) is 33.9 Å². The number of anilines is 2. The molecule has 0 saturated heterocycles. The zero-order valence-corrected chi connectivity index (χ0v) is 25.1. The fraction of sp³-hybridized carbons (Fsp3) is 0.182. The van der Waals surface area contributed by atoms with Gasteiger partial charge in [-0.1, -0.05) is 37.3 Å². The van der Waals surface area contributed by atoms with Crippen molar-refractivity contribution in [3.8, 4) is 6.07 Å². The van der Waals surface area contributed by atoms with Crippen LogP contribution in [0.2, 0.25) is 0 Å². The molecule has 2 heterocycles. The molecule has 0 saturated carbocycles. The van der Waals surface area contributed by atoms with Gasteiger partial charge in [-0.25, -0.2) is 0 Å². The van der Waals surface area contributed by atoms with Crippen LogP contribution in [0.25, 0.3) is 6.08 Å². The van der Waals surface area contributed by atoms with Gasteiger partial charge in [0.1, 0.15) is 16.8 Å². The Morgan fingerprint density at radius 1 is 1.09 bits per heavy atom. The summed E-state index contributed by atoms with van der Waals surface area (Å²) in [6.07, 6.45) is 7.63. The van der Waals surface area contributed by atoms with Crippen molar-refractivity contribution < 1.29 is 14.4 Å². The predicted molar refractivity (Wildman–Crippen MR) is 171 cm³/mol. The Morgan fingerprint density at radius 3 is 2.70 bits per heavy atom.